The first-order valence-corrected chi connectivity index (χ1v) is 5.23. The van der Waals surface area contributed by atoms with Crippen molar-refractivity contribution in [2.75, 3.05) is 0 Å². The van der Waals surface area contributed by atoms with Gasteiger partial charge >= 0.3 is 0 Å². The van der Waals surface area contributed by atoms with E-state index >= 15 is 0 Å². The topological polar surface area (TPSA) is 38.9 Å². The van der Waals surface area contributed by atoms with Crippen LogP contribution in [0.4, 0.5) is 0 Å². The highest BCUT2D eigenvalue weighted by Gasteiger charge is 2.06. The Bertz CT molecular complexity index is 552. The second kappa shape index (κ2) is 3.76. The SMILES string of the molecule is Cc1cc(C(N)=S)c2cc(Cl)ccc2n1. The second-order valence-corrected chi connectivity index (χ2v) is 4.21. The number of thiocarbonyl (C=S) groups is 1. The van der Waals surface area contributed by atoms with Crippen molar-refractivity contribution in [3.63, 3.8) is 0 Å². The van der Waals surface area contributed by atoms with Gasteiger partial charge in [0.1, 0.15) is 4.99 Å². The molecule has 0 aliphatic carbocycles. The normalized spacial score (nSPS) is 10.5. The molecule has 1 aromatic carbocycles. The van der Waals surface area contributed by atoms with Gasteiger partial charge in [-0.25, -0.2) is 0 Å². The third-order valence-corrected chi connectivity index (χ3v) is 2.62. The molecule has 1 heterocycles. The number of pyridine rings is 1. The highest BCUT2D eigenvalue weighted by Crippen LogP contribution is 2.22. The predicted molar refractivity (Wildman–Crippen MR) is 67.4 cm³/mol. The standard InChI is InChI=1S/C11H9ClN2S/c1-6-4-9(11(13)15)8-5-7(12)2-3-10(8)14-6/h2-5H,1H3,(H2,13,15). The van der Waals surface area contributed by atoms with Gasteiger partial charge in [0.15, 0.2) is 0 Å². The number of aromatic nitrogens is 1. The lowest BCUT2D eigenvalue weighted by Crippen LogP contribution is -2.10. The summed E-state index contributed by atoms with van der Waals surface area (Å²) in [7, 11) is 0. The van der Waals surface area contributed by atoms with Crippen molar-refractivity contribution < 1.29 is 0 Å². The maximum absolute atomic E-state index is 5.92. The number of benzene rings is 1. The number of hydrogen-bond acceptors (Lipinski definition) is 2. The van der Waals surface area contributed by atoms with Crippen molar-refractivity contribution in [2.24, 2.45) is 5.73 Å². The number of nitrogens with two attached hydrogens (primary N) is 1. The van der Waals surface area contributed by atoms with Gasteiger partial charge in [-0.1, -0.05) is 23.8 Å². The van der Waals surface area contributed by atoms with Crippen LogP contribution >= 0.6 is 23.8 Å². The van der Waals surface area contributed by atoms with Gasteiger partial charge in [-0.15, -0.1) is 0 Å². The Balaban J connectivity index is 2.87. The van der Waals surface area contributed by atoms with Crippen LogP contribution in [-0.4, -0.2) is 9.97 Å². The zero-order chi connectivity index (χ0) is 11.0. The fourth-order valence-electron chi connectivity index (χ4n) is 1.53. The lowest BCUT2D eigenvalue weighted by Gasteiger charge is -2.06. The number of aryl methyl sites for hydroxylation is 1. The average Bonchev–Trinajstić information content (AvgIpc) is 2.17. The van der Waals surface area contributed by atoms with Crippen LogP contribution in [0.2, 0.25) is 5.02 Å². The van der Waals surface area contributed by atoms with Gasteiger partial charge in [0.25, 0.3) is 0 Å². The van der Waals surface area contributed by atoms with Gasteiger partial charge in [0.2, 0.25) is 0 Å². The van der Waals surface area contributed by atoms with Gasteiger partial charge in [0.05, 0.1) is 5.52 Å². The molecule has 0 bridgehead atoms. The molecule has 2 nitrogen and oxygen atoms in total. The number of halogens is 1. The molecule has 0 atom stereocenters. The van der Waals surface area contributed by atoms with Gasteiger partial charge in [-0.05, 0) is 31.2 Å². The molecule has 0 aliphatic rings. The van der Waals surface area contributed by atoms with E-state index in [1.807, 2.05) is 25.1 Å². The molecule has 2 aromatic rings. The van der Waals surface area contributed by atoms with Gasteiger partial charge in [-0.2, -0.15) is 0 Å². The van der Waals surface area contributed by atoms with Crippen LogP contribution in [0, 0.1) is 6.92 Å². The molecule has 15 heavy (non-hydrogen) atoms. The molecule has 4 heteroatoms. The summed E-state index contributed by atoms with van der Waals surface area (Å²) in [5.74, 6) is 0. The molecule has 0 radical (unpaired) electrons. The summed E-state index contributed by atoms with van der Waals surface area (Å²) in [5, 5.41) is 1.56. The highest BCUT2D eigenvalue weighted by atomic mass is 35.5. The Morgan fingerprint density at radius 1 is 1.40 bits per heavy atom. The maximum atomic E-state index is 5.92. The van der Waals surface area contributed by atoms with Crippen molar-refractivity contribution in [1.29, 1.82) is 0 Å². The Morgan fingerprint density at radius 3 is 2.80 bits per heavy atom. The second-order valence-electron chi connectivity index (χ2n) is 3.34. The van der Waals surface area contributed by atoms with Crippen LogP contribution in [0.1, 0.15) is 11.3 Å². The van der Waals surface area contributed by atoms with Crippen molar-refractivity contribution in [2.45, 2.75) is 6.92 Å². The minimum atomic E-state index is 0.368. The van der Waals surface area contributed by atoms with E-state index in [0.29, 0.717) is 10.0 Å². The van der Waals surface area contributed by atoms with E-state index in [4.69, 9.17) is 29.6 Å². The van der Waals surface area contributed by atoms with E-state index in [0.717, 1.165) is 22.2 Å². The van der Waals surface area contributed by atoms with E-state index in [1.54, 1.807) is 6.07 Å². The maximum Gasteiger partial charge on any atom is 0.104 e. The fraction of sp³-hybridized carbons (Fsp3) is 0.0909. The molecule has 1 aromatic heterocycles. The molecule has 0 spiro atoms. The molecule has 0 saturated heterocycles. The Morgan fingerprint density at radius 2 is 2.13 bits per heavy atom. The van der Waals surface area contributed by atoms with Gasteiger partial charge in [-0.3, -0.25) is 4.98 Å². The van der Waals surface area contributed by atoms with Crippen LogP contribution in [0.5, 0.6) is 0 Å². The zero-order valence-electron chi connectivity index (χ0n) is 8.12. The average molecular weight is 237 g/mol. The summed E-state index contributed by atoms with van der Waals surface area (Å²) >= 11 is 10.9. The molecule has 2 N–H and O–H groups in total. The number of fused-ring (bicyclic) bond motifs is 1. The molecule has 0 unspecified atom stereocenters. The molecule has 0 saturated carbocycles. The predicted octanol–water partition coefficient (Wildman–Crippen LogP) is 2.83. The quantitative estimate of drug-likeness (QED) is 0.774. The number of nitrogens with zero attached hydrogens (tertiary/aromatic N) is 1. The summed E-state index contributed by atoms with van der Waals surface area (Å²) in [5.41, 5.74) is 8.25. The van der Waals surface area contributed by atoms with Gasteiger partial charge < -0.3 is 5.73 Å². The summed E-state index contributed by atoms with van der Waals surface area (Å²) in [6.45, 7) is 1.91. The lowest BCUT2D eigenvalue weighted by atomic mass is 10.1. The monoisotopic (exact) mass is 236 g/mol. The zero-order valence-corrected chi connectivity index (χ0v) is 9.69. The highest BCUT2D eigenvalue weighted by molar-refractivity contribution is 7.80. The van der Waals surface area contributed by atoms with Crippen molar-refractivity contribution in [1.82, 2.24) is 4.98 Å². The summed E-state index contributed by atoms with van der Waals surface area (Å²) in [6.07, 6.45) is 0. The molecular formula is C11H9ClN2S. The minimum absolute atomic E-state index is 0.368. The van der Waals surface area contributed by atoms with E-state index in [1.165, 1.54) is 0 Å². The smallest absolute Gasteiger partial charge is 0.104 e. The Labute approximate surface area is 98.1 Å². The molecule has 0 amide bonds. The van der Waals surface area contributed by atoms with Crippen LogP contribution in [0.15, 0.2) is 24.3 Å². The number of hydrogen-bond donors (Lipinski definition) is 1. The van der Waals surface area contributed by atoms with Crippen molar-refractivity contribution in [3.05, 3.63) is 40.5 Å². The lowest BCUT2D eigenvalue weighted by molar-refractivity contribution is 1.25. The third kappa shape index (κ3) is 1.94. The fourth-order valence-corrected chi connectivity index (χ4v) is 1.88. The summed E-state index contributed by atoms with van der Waals surface area (Å²) < 4.78 is 0. The third-order valence-electron chi connectivity index (χ3n) is 2.16. The molecule has 0 fully saturated rings. The van der Waals surface area contributed by atoms with E-state index in [-0.39, 0.29) is 0 Å². The van der Waals surface area contributed by atoms with Crippen LogP contribution in [-0.2, 0) is 0 Å². The van der Waals surface area contributed by atoms with Gasteiger partial charge in [0, 0.05) is 21.7 Å². The summed E-state index contributed by atoms with van der Waals surface area (Å²) in [4.78, 5) is 4.75. The van der Waals surface area contributed by atoms with E-state index in [9.17, 15) is 0 Å². The minimum Gasteiger partial charge on any atom is -0.389 e. The largest absolute Gasteiger partial charge is 0.389 e. The van der Waals surface area contributed by atoms with Crippen molar-refractivity contribution >= 4 is 39.7 Å². The van der Waals surface area contributed by atoms with E-state index < -0.39 is 0 Å². The first kappa shape index (κ1) is 10.3. The molecule has 2 rings (SSSR count). The van der Waals surface area contributed by atoms with Crippen LogP contribution < -0.4 is 5.73 Å². The first-order chi connectivity index (χ1) is 7.08. The Kier molecular flexibility index (Phi) is 2.59. The van der Waals surface area contributed by atoms with Crippen LogP contribution in [0.3, 0.4) is 0 Å². The molecule has 76 valence electrons. The van der Waals surface area contributed by atoms with Crippen LogP contribution in [0.25, 0.3) is 10.9 Å². The molecular weight excluding hydrogens is 228 g/mol. The Hall–Kier alpha value is -1.19. The number of rotatable bonds is 1. The summed E-state index contributed by atoms with van der Waals surface area (Å²) in [6, 6.07) is 7.38. The van der Waals surface area contributed by atoms with E-state index in [2.05, 4.69) is 4.98 Å². The first-order valence-electron chi connectivity index (χ1n) is 4.44. The van der Waals surface area contributed by atoms with Crippen molar-refractivity contribution in [3.8, 4) is 0 Å². The molecule has 0 aliphatic heterocycles.